The Bertz CT molecular complexity index is 2160. The van der Waals surface area contributed by atoms with Crippen molar-refractivity contribution in [3.8, 4) is 22.6 Å². The van der Waals surface area contributed by atoms with Gasteiger partial charge < -0.3 is 9.47 Å². The van der Waals surface area contributed by atoms with Gasteiger partial charge in [-0.1, -0.05) is 133 Å². The Kier molecular flexibility index (Phi) is 6.73. The molecule has 0 bridgehead atoms. The van der Waals surface area contributed by atoms with Crippen LogP contribution in [0.15, 0.2) is 158 Å². The fraction of sp³-hybridized carbons (Fsp3) is 0. The highest BCUT2D eigenvalue weighted by atomic mass is 16.5. The van der Waals surface area contributed by atoms with Crippen molar-refractivity contribution in [2.75, 3.05) is 0 Å². The molecule has 0 aliphatic rings. The van der Waals surface area contributed by atoms with Crippen molar-refractivity contribution >= 4 is 55.0 Å². The number of rotatable bonds is 5. The normalized spacial score (nSPS) is 11.2. The third-order valence-corrected chi connectivity index (χ3v) is 8.42. The summed E-state index contributed by atoms with van der Waals surface area (Å²) in [6.45, 7) is 0. The summed E-state index contributed by atoms with van der Waals surface area (Å²) >= 11 is 0. The average molecular weight is 595 g/mol. The number of esters is 2. The van der Waals surface area contributed by atoms with Crippen molar-refractivity contribution < 1.29 is 19.1 Å². The van der Waals surface area contributed by atoms with Crippen molar-refractivity contribution in [1.82, 2.24) is 0 Å². The standard InChI is InChI=1S/C42H26O4/c43-41(27-15-3-1-4-16-27)45-39-33-23-11-7-19-29(33)37(30-20-8-12-24-34(30)39)38-31-21-9-13-25-35(31)40(36-26-14-10-22-32(36)38)46-42(44)28-17-5-2-6-18-28/h1-26H. The van der Waals surface area contributed by atoms with Crippen LogP contribution in [0.25, 0.3) is 54.2 Å². The maximum Gasteiger partial charge on any atom is 0.343 e. The summed E-state index contributed by atoms with van der Waals surface area (Å²) < 4.78 is 12.4. The largest absolute Gasteiger partial charge is 0.422 e. The van der Waals surface area contributed by atoms with Gasteiger partial charge in [0.1, 0.15) is 11.5 Å². The molecule has 0 saturated heterocycles. The second kappa shape index (κ2) is 11.3. The zero-order valence-corrected chi connectivity index (χ0v) is 24.6. The quantitative estimate of drug-likeness (QED) is 0.113. The Hall–Kier alpha value is -6.26. The lowest BCUT2D eigenvalue weighted by molar-refractivity contribution is 0.0730. The van der Waals surface area contributed by atoms with Gasteiger partial charge in [0.25, 0.3) is 0 Å². The molecule has 0 unspecified atom stereocenters. The smallest absolute Gasteiger partial charge is 0.343 e. The second-order valence-corrected chi connectivity index (χ2v) is 11.1. The van der Waals surface area contributed by atoms with Crippen LogP contribution in [0.3, 0.4) is 0 Å². The van der Waals surface area contributed by atoms with E-state index in [1.807, 2.05) is 109 Å². The monoisotopic (exact) mass is 594 g/mol. The lowest BCUT2D eigenvalue weighted by Crippen LogP contribution is -2.09. The molecule has 0 amide bonds. The molecule has 46 heavy (non-hydrogen) atoms. The number of carbonyl (C=O) groups excluding carboxylic acids is 2. The van der Waals surface area contributed by atoms with Gasteiger partial charge in [0, 0.05) is 21.5 Å². The van der Waals surface area contributed by atoms with Gasteiger partial charge in [0.2, 0.25) is 0 Å². The number of fused-ring (bicyclic) bond motifs is 4. The van der Waals surface area contributed by atoms with Crippen LogP contribution in [0.5, 0.6) is 11.5 Å². The maximum absolute atomic E-state index is 13.4. The van der Waals surface area contributed by atoms with Crippen LogP contribution in [-0.2, 0) is 0 Å². The average Bonchev–Trinajstić information content (AvgIpc) is 3.12. The van der Waals surface area contributed by atoms with Crippen LogP contribution in [0.1, 0.15) is 20.7 Å². The molecule has 0 aromatic heterocycles. The first-order chi connectivity index (χ1) is 22.7. The molecule has 0 aliphatic heterocycles. The highest BCUT2D eigenvalue weighted by molar-refractivity contribution is 6.27. The van der Waals surface area contributed by atoms with E-state index in [1.165, 1.54) is 0 Å². The van der Waals surface area contributed by atoms with Crippen molar-refractivity contribution in [1.29, 1.82) is 0 Å². The van der Waals surface area contributed by atoms with Gasteiger partial charge in [-0.25, -0.2) is 9.59 Å². The molecule has 4 nitrogen and oxygen atoms in total. The van der Waals surface area contributed by atoms with Gasteiger partial charge in [0.05, 0.1) is 11.1 Å². The van der Waals surface area contributed by atoms with Crippen molar-refractivity contribution in [2.45, 2.75) is 0 Å². The molecule has 8 rings (SSSR count). The van der Waals surface area contributed by atoms with Gasteiger partial charge in [-0.15, -0.1) is 0 Å². The highest BCUT2D eigenvalue weighted by Crippen LogP contribution is 2.49. The third kappa shape index (κ3) is 4.56. The van der Waals surface area contributed by atoms with Crippen LogP contribution in [-0.4, -0.2) is 11.9 Å². The Morgan fingerprint density at radius 1 is 0.304 bits per heavy atom. The second-order valence-electron chi connectivity index (χ2n) is 11.1. The molecule has 218 valence electrons. The summed E-state index contributed by atoms with van der Waals surface area (Å²) in [7, 11) is 0. The molecule has 0 atom stereocenters. The Morgan fingerprint density at radius 3 is 0.826 bits per heavy atom. The molecule has 4 heteroatoms. The SMILES string of the molecule is O=C(Oc1c2ccccc2c(-c2c3ccccc3c(OC(=O)c3ccccc3)c3ccccc23)c2ccccc12)c1ccccc1. The zero-order chi connectivity index (χ0) is 31.0. The van der Waals surface area contributed by atoms with Crippen molar-refractivity contribution in [2.24, 2.45) is 0 Å². The fourth-order valence-electron chi connectivity index (χ4n) is 6.39. The minimum atomic E-state index is -0.413. The van der Waals surface area contributed by atoms with Gasteiger partial charge in [0.15, 0.2) is 0 Å². The molecule has 0 aliphatic carbocycles. The van der Waals surface area contributed by atoms with E-state index < -0.39 is 11.9 Å². The molecule has 0 N–H and O–H groups in total. The van der Waals surface area contributed by atoms with Crippen LogP contribution < -0.4 is 9.47 Å². The summed E-state index contributed by atoms with van der Waals surface area (Å²) in [6, 6.07) is 50.2. The van der Waals surface area contributed by atoms with E-state index >= 15 is 0 Å². The number of hydrogen-bond donors (Lipinski definition) is 0. The zero-order valence-electron chi connectivity index (χ0n) is 24.6. The topological polar surface area (TPSA) is 52.6 Å². The minimum absolute atomic E-state index is 0.413. The number of benzene rings is 8. The van der Waals surface area contributed by atoms with Gasteiger partial charge in [-0.2, -0.15) is 0 Å². The van der Waals surface area contributed by atoms with Crippen LogP contribution in [0.2, 0.25) is 0 Å². The van der Waals surface area contributed by atoms with Crippen LogP contribution >= 0.6 is 0 Å². The molecule has 0 radical (unpaired) electrons. The molecule has 8 aromatic rings. The van der Waals surface area contributed by atoms with E-state index in [-0.39, 0.29) is 0 Å². The summed E-state index contributed by atoms with van der Waals surface area (Å²) in [4.78, 5) is 26.7. The van der Waals surface area contributed by atoms with Crippen LogP contribution in [0.4, 0.5) is 0 Å². The molecule has 0 heterocycles. The number of ether oxygens (including phenoxy) is 2. The van der Waals surface area contributed by atoms with Crippen molar-refractivity contribution in [3.05, 3.63) is 169 Å². The maximum atomic E-state index is 13.4. The lowest BCUT2D eigenvalue weighted by atomic mass is 9.85. The summed E-state index contributed by atoms with van der Waals surface area (Å²) in [5.41, 5.74) is 2.99. The lowest BCUT2D eigenvalue weighted by Gasteiger charge is -2.21. The minimum Gasteiger partial charge on any atom is -0.422 e. The first-order valence-corrected chi connectivity index (χ1v) is 15.1. The Labute approximate surface area is 265 Å². The molecular formula is C42H26O4. The summed E-state index contributed by atoms with van der Waals surface area (Å²) in [5, 5.41) is 7.09. The van der Waals surface area contributed by atoms with E-state index in [9.17, 15) is 9.59 Å². The Morgan fingerprint density at radius 2 is 0.543 bits per heavy atom. The predicted octanol–water partition coefficient (Wildman–Crippen LogP) is 10.4. The Balaban J connectivity index is 1.43. The summed E-state index contributed by atoms with van der Waals surface area (Å²) in [6.07, 6.45) is 0. The van der Waals surface area contributed by atoms with Gasteiger partial charge >= 0.3 is 11.9 Å². The first kappa shape index (κ1) is 27.3. The summed E-state index contributed by atoms with van der Waals surface area (Å²) in [5.74, 6) is 0.213. The highest BCUT2D eigenvalue weighted by Gasteiger charge is 2.24. The molecular weight excluding hydrogens is 568 g/mol. The molecule has 0 fully saturated rings. The van der Waals surface area contributed by atoms with Crippen LogP contribution in [0, 0.1) is 0 Å². The van der Waals surface area contributed by atoms with Gasteiger partial charge in [-0.3, -0.25) is 0 Å². The predicted molar refractivity (Wildman–Crippen MR) is 185 cm³/mol. The molecule has 8 aromatic carbocycles. The fourth-order valence-corrected chi connectivity index (χ4v) is 6.39. The third-order valence-electron chi connectivity index (χ3n) is 8.42. The van der Waals surface area contributed by atoms with E-state index in [0.717, 1.165) is 54.2 Å². The van der Waals surface area contributed by atoms with E-state index in [0.29, 0.717) is 22.6 Å². The van der Waals surface area contributed by atoms with Gasteiger partial charge in [-0.05, 0) is 56.9 Å². The van der Waals surface area contributed by atoms with E-state index in [2.05, 4.69) is 24.3 Å². The van der Waals surface area contributed by atoms with E-state index in [1.54, 1.807) is 24.3 Å². The number of hydrogen-bond acceptors (Lipinski definition) is 4. The first-order valence-electron chi connectivity index (χ1n) is 15.1. The van der Waals surface area contributed by atoms with E-state index in [4.69, 9.17) is 9.47 Å². The van der Waals surface area contributed by atoms with Crippen molar-refractivity contribution in [3.63, 3.8) is 0 Å². The number of carbonyl (C=O) groups is 2. The molecule has 0 saturated carbocycles. The molecule has 0 spiro atoms.